The Morgan fingerprint density at radius 2 is 1.94 bits per heavy atom. The predicted molar refractivity (Wildman–Crippen MR) is 79.6 cm³/mol. The van der Waals surface area contributed by atoms with Gasteiger partial charge in [0.15, 0.2) is 0 Å². The van der Waals surface area contributed by atoms with Crippen LogP contribution < -0.4 is 5.32 Å². The Hall–Kier alpha value is -0.780. The molecule has 1 aromatic carbocycles. The lowest BCUT2D eigenvalue weighted by molar-refractivity contribution is 0.550. The van der Waals surface area contributed by atoms with Gasteiger partial charge in [-0.25, -0.2) is 0 Å². The van der Waals surface area contributed by atoms with Gasteiger partial charge < -0.3 is 5.32 Å². The van der Waals surface area contributed by atoms with Gasteiger partial charge in [-0.1, -0.05) is 53.2 Å². The summed E-state index contributed by atoms with van der Waals surface area (Å²) in [5.74, 6) is 0.656. The summed E-state index contributed by atoms with van der Waals surface area (Å²) in [6, 6.07) is 8.15. The predicted octanol–water partition coefficient (Wildman–Crippen LogP) is 3.71. The lowest BCUT2D eigenvalue weighted by atomic mass is 10.2. The second kappa shape index (κ2) is 6.41. The molecule has 1 N–H and O–H groups in total. The van der Waals surface area contributed by atoms with Crippen LogP contribution in [-0.2, 0) is 6.54 Å². The number of rotatable bonds is 5. The second-order valence-corrected chi connectivity index (χ2v) is 6.51. The van der Waals surface area contributed by atoms with Gasteiger partial charge in [0.1, 0.15) is 10.0 Å². The molecule has 0 saturated carbocycles. The van der Waals surface area contributed by atoms with Gasteiger partial charge in [0.2, 0.25) is 0 Å². The maximum atomic E-state index is 4.23. The van der Waals surface area contributed by atoms with Crippen LogP contribution in [0.25, 0.3) is 10.6 Å². The van der Waals surface area contributed by atoms with E-state index in [1.54, 1.807) is 11.3 Å². The van der Waals surface area contributed by atoms with E-state index in [-0.39, 0.29) is 0 Å². The van der Waals surface area contributed by atoms with Crippen LogP contribution in [0.4, 0.5) is 0 Å². The molecule has 0 bridgehead atoms. The first-order chi connectivity index (χ1) is 8.65. The molecule has 0 amide bonds. The van der Waals surface area contributed by atoms with E-state index in [1.165, 1.54) is 0 Å². The minimum Gasteiger partial charge on any atom is -0.310 e. The third-order valence-electron chi connectivity index (χ3n) is 2.39. The van der Waals surface area contributed by atoms with E-state index in [1.807, 2.05) is 12.1 Å². The van der Waals surface area contributed by atoms with Crippen LogP contribution in [0, 0.1) is 5.92 Å². The average molecular weight is 326 g/mol. The van der Waals surface area contributed by atoms with Crippen LogP contribution in [0.15, 0.2) is 28.7 Å². The van der Waals surface area contributed by atoms with Crippen molar-refractivity contribution in [3.05, 3.63) is 33.7 Å². The SMILES string of the molecule is CC(C)CNCc1nnc(-c2ccc(Br)cc2)s1. The van der Waals surface area contributed by atoms with Crippen molar-refractivity contribution in [3.63, 3.8) is 0 Å². The van der Waals surface area contributed by atoms with Gasteiger partial charge in [-0.2, -0.15) is 0 Å². The highest BCUT2D eigenvalue weighted by Gasteiger charge is 2.06. The van der Waals surface area contributed by atoms with Gasteiger partial charge in [-0.05, 0) is 24.6 Å². The van der Waals surface area contributed by atoms with Crippen LogP contribution >= 0.6 is 27.3 Å². The topological polar surface area (TPSA) is 37.8 Å². The Morgan fingerprint density at radius 3 is 2.61 bits per heavy atom. The van der Waals surface area contributed by atoms with E-state index < -0.39 is 0 Å². The van der Waals surface area contributed by atoms with Crippen LogP contribution in [-0.4, -0.2) is 16.7 Å². The smallest absolute Gasteiger partial charge is 0.147 e. The summed E-state index contributed by atoms with van der Waals surface area (Å²) in [7, 11) is 0. The third kappa shape index (κ3) is 3.86. The summed E-state index contributed by atoms with van der Waals surface area (Å²) >= 11 is 5.07. The van der Waals surface area contributed by atoms with Crippen molar-refractivity contribution in [2.45, 2.75) is 20.4 Å². The van der Waals surface area contributed by atoms with E-state index in [0.29, 0.717) is 5.92 Å². The fraction of sp³-hybridized carbons (Fsp3) is 0.385. The van der Waals surface area contributed by atoms with Gasteiger partial charge in [-0.15, -0.1) is 10.2 Å². The standard InChI is InChI=1S/C13H16BrN3S/c1-9(2)7-15-8-12-16-17-13(18-12)10-3-5-11(14)6-4-10/h3-6,9,15H,7-8H2,1-2H3. The quantitative estimate of drug-likeness (QED) is 0.910. The molecule has 5 heteroatoms. The van der Waals surface area contributed by atoms with Crippen LogP contribution in [0.5, 0.6) is 0 Å². The van der Waals surface area contributed by atoms with Crippen LogP contribution in [0.1, 0.15) is 18.9 Å². The Kier molecular flexibility index (Phi) is 4.86. The molecule has 2 aromatic rings. The molecule has 0 radical (unpaired) electrons. The number of nitrogens with zero attached hydrogens (tertiary/aromatic N) is 2. The second-order valence-electron chi connectivity index (χ2n) is 4.53. The Labute approximate surface area is 120 Å². The molecule has 0 saturated heterocycles. The van der Waals surface area contributed by atoms with Gasteiger partial charge >= 0.3 is 0 Å². The molecule has 2 rings (SSSR count). The van der Waals surface area contributed by atoms with Crippen molar-refractivity contribution in [1.82, 2.24) is 15.5 Å². The van der Waals surface area contributed by atoms with E-state index in [9.17, 15) is 0 Å². The number of hydrogen-bond acceptors (Lipinski definition) is 4. The minimum absolute atomic E-state index is 0.656. The zero-order valence-electron chi connectivity index (χ0n) is 10.5. The molecular formula is C13H16BrN3S. The Morgan fingerprint density at radius 1 is 1.22 bits per heavy atom. The summed E-state index contributed by atoms with van der Waals surface area (Å²) in [4.78, 5) is 0. The van der Waals surface area contributed by atoms with E-state index in [0.717, 1.165) is 33.1 Å². The number of benzene rings is 1. The maximum Gasteiger partial charge on any atom is 0.147 e. The molecule has 0 spiro atoms. The van der Waals surface area contributed by atoms with Gasteiger partial charge in [0, 0.05) is 16.6 Å². The molecule has 0 aliphatic carbocycles. The molecule has 0 unspecified atom stereocenters. The van der Waals surface area contributed by atoms with Gasteiger partial charge in [-0.3, -0.25) is 0 Å². The molecule has 0 fully saturated rings. The molecule has 18 heavy (non-hydrogen) atoms. The Balaban J connectivity index is 1.99. The summed E-state index contributed by atoms with van der Waals surface area (Å²) in [5, 5.41) is 13.8. The lowest BCUT2D eigenvalue weighted by Crippen LogP contribution is -2.18. The molecule has 0 aliphatic heterocycles. The van der Waals surface area contributed by atoms with Crippen molar-refractivity contribution >= 4 is 27.3 Å². The molecule has 96 valence electrons. The third-order valence-corrected chi connectivity index (χ3v) is 3.89. The van der Waals surface area contributed by atoms with Gasteiger partial charge in [0.25, 0.3) is 0 Å². The van der Waals surface area contributed by atoms with Crippen molar-refractivity contribution in [2.75, 3.05) is 6.54 Å². The summed E-state index contributed by atoms with van der Waals surface area (Å²) in [6.07, 6.45) is 0. The summed E-state index contributed by atoms with van der Waals surface area (Å²) in [6.45, 7) is 6.19. The number of hydrogen-bond donors (Lipinski definition) is 1. The first-order valence-corrected chi connectivity index (χ1v) is 7.55. The summed E-state index contributed by atoms with van der Waals surface area (Å²) < 4.78 is 1.08. The average Bonchev–Trinajstić information content (AvgIpc) is 2.78. The van der Waals surface area contributed by atoms with E-state index >= 15 is 0 Å². The Bertz CT molecular complexity index is 493. The summed E-state index contributed by atoms with van der Waals surface area (Å²) in [5.41, 5.74) is 1.12. The first kappa shape index (κ1) is 13.6. The van der Waals surface area contributed by atoms with E-state index in [2.05, 4.69) is 57.4 Å². The molecule has 3 nitrogen and oxygen atoms in total. The normalized spacial score (nSPS) is 11.1. The maximum absolute atomic E-state index is 4.23. The fourth-order valence-corrected chi connectivity index (χ4v) is 2.58. The molecular weight excluding hydrogens is 310 g/mol. The largest absolute Gasteiger partial charge is 0.310 e. The fourth-order valence-electron chi connectivity index (χ4n) is 1.50. The monoisotopic (exact) mass is 325 g/mol. The molecule has 1 heterocycles. The lowest BCUT2D eigenvalue weighted by Gasteiger charge is -2.03. The zero-order valence-corrected chi connectivity index (χ0v) is 12.9. The molecule has 1 aromatic heterocycles. The van der Waals surface area contributed by atoms with Crippen LogP contribution in [0.3, 0.4) is 0 Å². The highest BCUT2D eigenvalue weighted by molar-refractivity contribution is 9.10. The van der Waals surface area contributed by atoms with Gasteiger partial charge in [0.05, 0.1) is 0 Å². The number of nitrogens with one attached hydrogen (secondary N) is 1. The van der Waals surface area contributed by atoms with Crippen molar-refractivity contribution in [2.24, 2.45) is 5.92 Å². The van der Waals surface area contributed by atoms with Crippen LogP contribution in [0.2, 0.25) is 0 Å². The molecule has 0 aliphatic rings. The van der Waals surface area contributed by atoms with Crippen molar-refractivity contribution in [1.29, 1.82) is 0 Å². The highest BCUT2D eigenvalue weighted by atomic mass is 79.9. The zero-order chi connectivity index (χ0) is 13.0. The number of aromatic nitrogens is 2. The van der Waals surface area contributed by atoms with E-state index in [4.69, 9.17) is 0 Å². The number of halogens is 1. The first-order valence-electron chi connectivity index (χ1n) is 5.94. The minimum atomic E-state index is 0.656. The highest BCUT2D eigenvalue weighted by Crippen LogP contribution is 2.24. The van der Waals surface area contributed by atoms with Crippen molar-refractivity contribution in [3.8, 4) is 10.6 Å². The molecule has 0 atom stereocenters. The van der Waals surface area contributed by atoms with Crippen molar-refractivity contribution < 1.29 is 0 Å².